The minimum absolute atomic E-state index is 0.318. The summed E-state index contributed by atoms with van der Waals surface area (Å²) in [6.07, 6.45) is 6.42. The molecule has 5 aromatic rings. The third-order valence-corrected chi connectivity index (χ3v) is 10.5. The fourth-order valence-corrected chi connectivity index (χ4v) is 7.35. The van der Waals surface area contributed by atoms with Gasteiger partial charge in [0.15, 0.2) is 0 Å². The van der Waals surface area contributed by atoms with Crippen molar-refractivity contribution >= 4 is 46.3 Å². The number of nitrogens with one attached hydrogen (secondary N) is 3. The number of nitrogens with zero attached hydrogens (tertiary/aromatic N) is 2. The number of aromatic amines is 1. The highest BCUT2D eigenvalue weighted by atomic mass is 16.6. The van der Waals surface area contributed by atoms with E-state index in [0.29, 0.717) is 59.3 Å². The quantitative estimate of drug-likeness (QED) is 0.0707. The number of carbonyl (C=O) groups is 4. The topological polar surface area (TPSA) is 133 Å². The van der Waals surface area contributed by atoms with Gasteiger partial charge in [0.05, 0.1) is 18.2 Å². The fourth-order valence-electron chi connectivity index (χ4n) is 7.35. The van der Waals surface area contributed by atoms with Crippen molar-refractivity contribution in [1.29, 1.82) is 0 Å². The average Bonchev–Trinajstić information content (AvgIpc) is 3.60. The Labute approximate surface area is 354 Å². The van der Waals surface area contributed by atoms with Crippen LogP contribution in [0.1, 0.15) is 114 Å². The molecule has 0 aliphatic heterocycles. The number of aryl methyl sites for hydroxylation is 2. The maximum Gasteiger partial charge on any atom is 0.410 e. The van der Waals surface area contributed by atoms with Crippen LogP contribution >= 0.6 is 0 Å². The second kappa shape index (κ2) is 21.4. The van der Waals surface area contributed by atoms with Crippen LogP contribution in [0.2, 0.25) is 0 Å². The Morgan fingerprint density at radius 2 is 1.38 bits per heavy atom. The van der Waals surface area contributed by atoms with Crippen molar-refractivity contribution in [3.63, 3.8) is 0 Å². The Morgan fingerprint density at radius 3 is 2.02 bits per heavy atom. The highest BCUT2D eigenvalue weighted by Gasteiger charge is 2.24. The van der Waals surface area contributed by atoms with Crippen molar-refractivity contribution in [3.05, 3.63) is 130 Å². The van der Waals surface area contributed by atoms with Gasteiger partial charge in [-0.1, -0.05) is 81.3 Å². The molecule has 0 fully saturated rings. The largest absolute Gasteiger partial charge is 0.465 e. The van der Waals surface area contributed by atoms with Gasteiger partial charge in [-0.15, -0.1) is 0 Å². The number of carbonyl (C=O) groups excluding carboxylic acids is 4. The molecule has 5 rings (SSSR count). The van der Waals surface area contributed by atoms with Crippen LogP contribution in [-0.4, -0.2) is 77.6 Å². The number of benzene rings is 4. The first-order chi connectivity index (χ1) is 28.8. The van der Waals surface area contributed by atoms with Crippen molar-refractivity contribution in [2.45, 2.75) is 97.8 Å². The highest BCUT2D eigenvalue weighted by Crippen LogP contribution is 2.28. The number of hydrogen-bond donors (Lipinski definition) is 3. The molecule has 1 aromatic heterocycles. The van der Waals surface area contributed by atoms with E-state index < -0.39 is 5.60 Å². The molecule has 318 valence electrons. The molecule has 4 aromatic carbocycles. The normalized spacial score (nSPS) is 11.5. The van der Waals surface area contributed by atoms with Gasteiger partial charge in [-0.05, 0) is 112 Å². The number of anilines is 2. The second-order valence-electron chi connectivity index (χ2n) is 16.4. The van der Waals surface area contributed by atoms with Crippen LogP contribution in [0, 0.1) is 0 Å². The molecule has 0 atom stereocenters. The van der Waals surface area contributed by atoms with Gasteiger partial charge < -0.3 is 30.0 Å². The van der Waals surface area contributed by atoms with Crippen LogP contribution in [0.3, 0.4) is 0 Å². The molecule has 0 aliphatic carbocycles. The van der Waals surface area contributed by atoms with Crippen LogP contribution in [0.5, 0.6) is 0 Å². The van der Waals surface area contributed by atoms with Crippen LogP contribution in [0.4, 0.5) is 16.3 Å². The summed E-state index contributed by atoms with van der Waals surface area (Å²) in [6.45, 7) is 11.7. The summed E-state index contributed by atoms with van der Waals surface area (Å²) < 4.78 is 10.4. The minimum Gasteiger partial charge on any atom is -0.465 e. The van der Waals surface area contributed by atoms with E-state index in [4.69, 9.17) is 9.47 Å². The lowest BCUT2D eigenvalue weighted by Crippen LogP contribution is -2.42. The van der Waals surface area contributed by atoms with Crippen LogP contribution in [0.25, 0.3) is 10.9 Å². The number of H-pyrrole nitrogens is 1. The van der Waals surface area contributed by atoms with Gasteiger partial charge in [-0.2, -0.15) is 0 Å². The summed E-state index contributed by atoms with van der Waals surface area (Å²) in [5.74, 6) is -0.708. The van der Waals surface area contributed by atoms with Gasteiger partial charge in [0.1, 0.15) is 11.4 Å². The van der Waals surface area contributed by atoms with E-state index >= 15 is 0 Å². The molecule has 1 heterocycles. The predicted octanol–water partition coefficient (Wildman–Crippen LogP) is 10.3. The van der Waals surface area contributed by atoms with Gasteiger partial charge in [0.25, 0.3) is 11.8 Å². The zero-order valence-corrected chi connectivity index (χ0v) is 36.2. The SMILES string of the molecule is CCCC(CCC)N(CCN(C)C(=O)OC(C)(C)C)Cc1cccc(C(=O)Nc2[nH]c3ccccc3c2C(=O)Nc2ccc(CCCc3ccc(C(=O)OC)cc3)cc2)c1. The molecule has 11 nitrogen and oxygen atoms in total. The Kier molecular flexibility index (Phi) is 16.1. The smallest absolute Gasteiger partial charge is 0.410 e. The number of ether oxygens (including phenoxy) is 2. The standard InChI is InChI=1S/C49H61N5O6/c1-8-14-40(15-9-2)54(31-30-53(6)48(58)60-49(3,4)5)33-36-18-13-19-38(32-36)45(55)52-44-43(41-20-10-11-21-42(41)51-44)46(56)50-39-28-24-35(25-29-39)17-12-16-34-22-26-37(27-23-34)47(57)59-7/h10-11,13,18-29,32,40,51H,8-9,12,14-17,30-31,33H2,1-7H3,(H,50,56)(H,52,55). The summed E-state index contributed by atoms with van der Waals surface area (Å²) in [5, 5.41) is 6.73. The van der Waals surface area contributed by atoms with Crippen LogP contribution in [0.15, 0.2) is 97.1 Å². The third-order valence-electron chi connectivity index (χ3n) is 10.5. The number of rotatable bonds is 19. The number of para-hydroxylation sites is 1. The molecule has 0 aliphatic rings. The lowest BCUT2D eigenvalue weighted by molar-refractivity contribution is 0.0267. The molecular weight excluding hydrogens is 755 g/mol. The van der Waals surface area contributed by atoms with Gasteiger partial charge in [0, 0.05) is 54.9 Å². The average molecular weight is 816 g/mol. The number of hydrogen-bond acceptors (Lipinski definition) is 7. The van der Waals surface area contributed by atoms with Crippen molar-refractivity contribution < 1.29 is 28.7 Å². The van der Waals surface area contributed by atoms with Crippen LogP contribution < -0.4 is 10.6 Å². The first-order valence-corrected chi connectivity index (χ1v) is 21.0. The molecule has 0 spiro atoms. The number of aromatic nitrogens is 1. The van der Waals surface area contributed by atoms with Crippen LogP contribution in [-0.2, 0) is 28.9 Å². The van der Waals surface area contributed by atoms with Crippen molar-refractivity contribution in [2.24, 2.45) is 0 Å². The predicted molar refractivity (Wildman–Crippen MR) is 240 cm³/mol. The molecule has 60 heavy (non-hydrogen) atoms. The third kappa shape index (κ3) is 12.8. The number of amides is 3. The lowest BCUT2D eigenvalue weighted by atomic mass is 10.0. The molecule has 0 radical (unpaired) electrons. The summed E-state index contributed by atoms with van der Waals surface area (Å²) in [5.41, 5.74) is 5.42. The van der Waals surface area contributed by atoms with Gasteiger partial charge in [-0.25, -0.2) is 9.59 Å². The number of methoxy groups -OCH3 is 1. The highest BCUT2D eigenvalue weighted by molar-refractivity contribution is 6.19. The number of esters is 1. The van der Waals surface area contributed by atoms with E-state index in [2.05, 4.69) is 34.4 Å². The Morgan fingerprint density at radius 1 is 0.733 bits per heavy atom. The maximum atomic E-state index is 13.9. The minimum atomic E-state index is -0.574. The maximum absolute atomic E-state index is 13.9. The summed E-state index contributed by atoms with van der Waals surface area (Å²) in [6, 6.07) is 30.7. The number of fused-ring (bicyclic) bond motifs is 1. The summed E-state index contributed by atoms with van der Waals surface area (Å²) in [7, 11) is 3.14. The zero-order chi connectivity index (χ0) is 43.2. The molecule has 0 saturated carbocycles. The van der Waals surface area contributed by atoms with E-state index in [9.17, 15) is 19.2 Å². The van der Waals surface area contributed by atoms with E-state index in [0.717, 1.165) is 67.2 Å². The first kappa shape index (κ1) is 45.1. The van der Waals surface area contributed by atoms with E-state index in [1.807, 2.05) is 99.6 Å². The fraction of sp³-hybridized carbons (Fsp3) is 0.388. The van der Waals surface area contributed by atoms with E-state index in [-0.39, 0.29) is 23.9 Å². The molecular formula is C49H61N5O6. The van der Waals surface area contributed by atoms with Gasteiger partial charge in [-0.3, -0.25) is 14.5 Å². The molecule has 11 heteroatoms. The molecule has 3 amide bonds. The van der Waals surface area contributed by atoms with Gasteiger partial charge >= 0.3 is 12.1 Å². The number of likely N-dealkylation sites (N-methyl/N-ethyl adjacent to an activating group) is 1. The van der Waals surface area contributed by atoms with Gasteiger partial charge in [0.2, 0.25) is 0 Å². The monoisotopic (exact) mass is 815 g/mol. The van der Waals surface area contributed by atoms with Crippen molar-refractivity contribution in [1.82, 2.24) is 14.8 Å². The second-order valence-corrected chi connectivity index (χ2v) is 16.4. The zero-order valence-electron chi connectivity index (χ0n) is 36.2. The Balaban J connectivity index is 1.26. The first-order valence-electron chi connectivity index (χ1n) is 21.0. The Hall–Kier alpha value is -5.94. The molecule has 3 N–H and O–H groups in total. The summed E-state index contributed by atoms with van der Waals surface area (Å²) >= 11 is 0. The van der Waals surface area contributed by atoms with Crippen molar-refractivity contribution in [3.8, 4) is 0 Å². The van der Waals surface area contributed by atoms with Crippen molar-refractivity contribution in [2.75, 3.05) is 37.9 Å². The summed E-state index contributed by atoms with van der Waals surface area (Å²) in [4.78, 5) is 59.6. The molecule has 0 unspecified atom stereocenters. The molecule has 0 saturated heterocycles. The Bertz CT molecular complexity index is 2200. The lowest BCUT2D eigenvalue weighted by Gasteiger charge is -2.33. The van der Waals surface area contributed by atoms with E-state index in [1.54, 1.807) is 30.1 Å². The molecule has 0 bridgehead atoms. The van der Waals surface area contributed by atoms with E-state index in [1.165, 1.54) is 7.11 Å².